The van der Waals surface area contributed by atoms with E-state index < -0.39 is 8.25 Å². The van der Waals surface area contributed by atoms with Gasteiger partial charge in [0.05, 0.1) is 12.5 Å². The van der Waals surface area contributed by atoms with Crippen LogP contribution in [0.4, 0.5) is 0 Å². The SMILES string of the molecule is O=C1CC(c2ccccc2-c2ccccc2)N1.O=[PH](O)O. The summed E-state index contributed by atoms with van der Waals surface area (Å²) in [6, 6.07) is 18.7. The zero-order valence-electron chi connectivity index (χ0n) is 11.2. The summed E-state index contributed by atoms with van der Waals surface area (Å²) >= 11 is 0. The fourth-order valence-corrected chi connectivity index (χ4v) is 2.23. The molecule has 1 atom stereocenters. The first-order valence-electron chi connectivity index (χ1n) is 6.43. The van der Waals surface area contributed by atoms with E-state index in [0.717, 1.165) is 0 Å². The van der Waals surface area contributed by atoms with Gasteiger partial charge in [-0.1, -0.05) is 54.6 Å². The van der Waals surface area contributed by atoms with Crippen molar-refractivity contribution in [1.29, 1.82) is 0 Å². The molecule has 3 rings (SSSR count). The molecule has 0 aromatic heterocycles. The number of nitrogens with one attached hydrogen (secondary N) is 1. The molecule has 0 radical (unpaired) electrons. The second-order valence-corrected chi connectivity index (χ2v) is 5.13. The third kappa shape index (κ3) is 4.26. The predicted octanol–water partition coefficient (Wildman–Crippen LogP) is 2.28. The fourth-order valence-electron chi connectivity index (χ4n) is 2.23. The monoisotopic (exact) mass is 305 g/mol. The minimum absolute atomic E-state index is 0.137. The van der Waals surface area contributed by atoms with Crippen LogP contribution in [0.1, 0.15) is 18.0 Å². The maximum absolute atomic E-state index is 11.0. The number of β-lactam (4-membered cyclic amide) rings is 1. The van der Waals surface area contributed by atoms with Crippen LogP contribution in [0.5, 0.6) is 0 Å². The third-order valence-corrected chi connectivity index (χ3v) is 3.15. The number of hydrogen-bond acceptors (Lipinski definition) is 2. The number of rotatable bonds is 2. The van der Waals surface area contributed by atoms with Crippen LogP contribution in [-0.2, 0) is 9.36 Å². The molecule has 3 N–H and O–H groups in total. The topological polar surface area (TPSA) is 86.6 Å². The molecule has 1 amide bonds. The van der Waals surface area contributed by atoms with Crippen LogP contribution >= 0.6 is 8.25 Å². The number of carbonyl (C=O) groups is 1. The van der Waals surface area contributed by atoms with E-state index in [-0.39, 0.29) is 11.9 Å². The Labute approximate surface area is 123 Å². The molecule has 1 heterocycles. The molecule has 1 unspecified atom stereocenters. The molecular formula is C15H16NO4P. The second kappa shape index (κ2) is 7.18. The van der Waals surface area contributed by atoms with Gasteiger partial charge in [-0.2, -0.15) is 0 Å². The van der Waals surface area contributed by atoms with Crippen molar-refractivity contribution in [2.24, 2.45) is 0 Å². The standard InChI is InChI=1S/C15H13NO.H3O3P/c17-15-10-14(16-15)13-9-5-4-8-12(13)11-6-2-1-3-7-11;1-4(2)3/h1-9,14H,10H2,(H,16,17);4H,(H2,1,2,3). The van der Waals surface area contributed by atoms with Crippen molar-refractivity contribution in [2.75, 3.05) is 0 Å². The Bertz CT molecular complexity index is 633. The van der Waals surface area contributed by atoms with Crippen LogP contribution in [0.25, 0.3) is 11.1 Å². The van der Waals surface area contributed by atoms with Crippen molar-refractivity contribution in [3.63, 3.8) is 0 Å². The molecule has 0 spiro atoms. The lowest BCUT2D eigenvalue weighted by atomic mass is 9.90. The van der Waals surface area contributed by atoms with Gasteiger partial charge in [0, 0.05) is 0 Å². The molecule has 1 fully saturated rings. The third-order valence-electron chi connectivity index (χ3n) is 3.15. The van der Waals surface area contributed by atoms with Crippen molar-refractivity contribution >= 4 is 14.2 Å². The van der Waals surface area contributed by atoms with Crippen molar-refractivity contribution in [3.8, 4) is 11.1 Å². The second-order valence-electron chi connectivity index (χ2n) is 4.56. The largest absolute Gasteiger partial charge is 0.349 e. The summed E-state index contributed by atoms with van der Waals surface area (Å²) in [5.74, 6) is 0.137. The molecule has 1 aliphatic heterocycles. The maximum atomic E-state index is 11.0. The predicted molar refractivity (Wildman–Crippen MR) is 80.8 cm³/mol. The van der Waals surface area contributed by atoms with Gasteiger partial charge in [0.15, 0.2) is 0 Å². The van der Waals surface area contributed by atoms with Gasteiger partial charge in [-0.25, -0.2) is 0 Å². The molecule has 2 aromatic rings. The number of amides is 1. The van der Waals surface area contributed by atoms with E-state index in [1.54, 1.807) is 0 Å². The summed E-state index contributed by atoms with van der Waals surface area (Å²) in [7, 11) is -3.13. The van der Waals surface area contributed by atoms with E-state index in [9.17, 15) is 4.79 Å². The molecular weight excluding hydrogens is 289 g/mol. The zero-order valence-corrected chi connectivity index (χ0v) is 12.2. The lowest BCUT2D eigenvalue weighted by molar-refractivity contribution is -0.128. The lowest BCUT2D eigenvalue weighted by Crippen LogP contribution is -2.41. The first-order chi connectivity index (χ1) is 10.1. The Balaban J connectivity index is 0.000000361. The molecule has 6 heteroatoms. The van der Waals surface area contributed by atoms with Crippen LogP contribution in [0.2, 0.25) is 0 Å². The molecule has 0 saturated carbocycles. The minimum atomic E-state index is -3.13. The van der Waals surface area contributed by atoms with E-state index in [0.29, 0.717) is 6.42 Å². The average Bonchev–Trinajstić information content (AvgIpc) is 2.44. The molecule has 0 bridgehead atoms. The maximum Gasteiger partial charge on any atom is 0.314 e. The normalized spacial score (nSPS) is 16.5. The summed E-state index contributed by atoms with van der Waals surface area (Å²) < 4.78 is 8.74. The van der Waals surface area contributed by atoms with Crippen LogP contribution in [-0.4, -0.2) is 15.7 Å². The highest BCUT2D eigenvalue weighted by Crippen LogP contribution is 2.32. The van der Waals surface area contributed by atoms with E-state index in [4.69, 9.17) is 14.4 Å². The van der Waals surface area contributed by atoms with Gasteiger partial charge in [-0.05, 0) is 16.7 Å². The van der Waals surface area contributed by atoms with Gasteiger partial charge < -0.3 is 15.1 Å². The summed E-state index contributed by atoms with van der Waals surface area (Å²) in [5, 5.41) is 2.93. The van der Waals surface area contributed by atoms with Gasteiger partial charge in [0.2, 0.25) is 5.91 Å². The molecule has 5 nitrogen and oxygen atoms in total. The Hall–Kier alpha value is -1.94. The fraction of sp³-hybridized carbons (Fsp3) is 0.133. The summed E-state index contributed by atoms with van der Waals surface area (Å²) in [5.41, 5.74) is 3.61. The van der Waals surface area contributed by atoms with Gasteiger partial charge in [0.25, 0.3) is 0 Å². The van der Waals surface area contributed by atoms with E-state index in [1.165, 1.54) is 16.7 Å². The highest BCUT2D eigenvalue weighted by Gasteiger charge is 2.28. The highest BCUT2D eigenvalue weighted by molar-refractivity contribution is 7.30. The van der Waals surface area contributed by atoms with Crippen LogP contribution in [0.3, 0.4) is 0 Å². The average molecular weight is 305 g/mol. The molecule has 110 valence electrons. The number of benzene rings is 2. The van der Waals surface area contributed by atoms with E-state index in [1.807, 2.05) is 30.3 Å². The van der Waals surface area contributed by atoms with Crippen LogP contribution < -0.4 is 5.32 Å². The molecule has 0 aliphatic carbocycles. The van der Waals surface area contributed by atoms with Gasteiger partial charge in [-0.15, -0.1) is 0 Å². The first kappa shape index (κ1) is 15.4. The van der Waals surface area contributed by atoms with Crippen molar-refractivity contribution in [1.82, 2.24) is 5.32 Å². The lowest BCUT2D eigenvalue weighted by Gasteiger charge is -2.29. The van der Waals surface area contributed by atoms with Crippen molar-refractivity contribution in [2.45, 2.75) is 12.5 Å². The van der Waals surface area contributed by atoms with Crippen molar-refractivity contribution < 1.29 is 19.1 Å². The highest BCUT2D eigenvalue weighted by atomic mass is 31.1. The minimum Gasteiger partial charge on any atom is -0.349 e. The Morgan fingerprint density at radius 3 is 2.10 bits per heavy atom. The van der Waals surface area contributed by atoms with Crippen LogP contribution in [0, 0.1) is 0 Å². The van der Waals surface area contributed by atoms with E-state index >= 15 is 0 Å². The Morgan fingerprint density at radius 1 is 1.00 bits per heavy atom. The van der Waals surface area contributed by atoms with Crippen LogP contribution in [0.15, 0.2) is 54.6 Å². The first-order valence-corrected chi connectivity index (χ1v) is 7.74. The van der Waals surface area contributed by atoms with Gasteiger partial charge in [-0.3, -0.25) is 9.36 Å². The number of hydrogen-bond donors (Lipinski definition) is 3. The zero-order chi connectivity index (χ0) is 15.2. The van der Waals surface area contributed by atoms with E-state index in [2.05, 4.69) is 29.6 Å². The number of carbonyl (C=O) groups excluding carboxylic acids is 1. The smallest absolute Gasteiger partial charge is 0.314 e. The summed E-state index contributed by atoms with van der Waals surface area (Å²) in [4.78, 5) is 25.3. The molecule has 1 saturated heterocycles. The summed E-state index contributed by atoms with van der Waals surface area (Å²) in [6.07, 6.45) is 0.601. The quantitative estimate of drug-likeness (QED) is 0.587. The molecule has 21 heavy (non-hydrogen) atoms. The summed E-state index contributed by atoms with van der Waals surface area (Å²) in [6.45, 7) is 0. The Kier molecular flexibility index (Phi) is 5.28. The van der Waals surface area contributed by atoms with Gasteiger partial charge >= 0.3 is 8.25 Å². The van der Waals surface area contributed by atoms with Gasteiger partial charge in [0.1, 0.15) is 0 Å². The Morgan fingerprint density at radius 2 is 1.52 bits per heavy atom. The van der Waals surface area contributed by atoms with Crippen molar-refractivity contribution in [3.05, 3.63) is 60.2 Å². The molecule has 1 aliphatic rings. The molecule has 2 aromatic carbocycles.